The first-order valence-corrected chi connectivity index (χ1v) is 81.2. The standard InChI is InChI=1S/C26H64Cl18O23Si18/c1-68(45)55-76(39,40)23-7-15-70(11-3-19-72(27,28)29,12-4-20-73(30,31)32)18-10-26-79(44)61-84(53,63-80(47,48)57-68)67-85(54,62-79)66-83(52)59-77(41,42)24-8-16-71(13-5-21-74(33,34)35,14-6-22-75(36,37)38)17-9-25-78(43)56-69(2,46)58-82(51,60-78)64-81(49,50)65-83/h45-54H,3-26H2,1-2H3. The Morgan fingerprint density at radius 2 is 0.635 bits per heavy atom. The molecule has 0 amide bonds. The highest BCUT2D eigenvalue weighted by Crippen LogP contribution is 2.47. The van der Waals surface area contributed by atoms with Gasteiger partial charge in [0.15, 0.2) is 0 Å². The summed E-state index contributed by atoms with van der Waals surface area (Å²) < 4.78 is 71.9. The van der Waals surface area contributed by atoms with Crippen molar-refractivity contribution in [1.82, 2.24) is 0 Å². The van der Waals surface area contributed by atoms with Crippen LogP contribution < -0.4 is 0 Å². The molecule has 85 heavy (non-hydrogen) atoms. The minimum Gasteiger partial charge on any atom is -0.392 e. The highest BCUT2D eigenvalue weighted by Gasteiger charge is 2.76. The van der Waals surface area contributed by atoms with E-state index in [-0.39, 0.29) is 61.6 Å². The molecule has 0 aromatic heterocycles. The first-order valence-electron chi connectivity index (χ1n) is 25.6. The SMILES string of the molecule is C[Si]1(O)O[Si](Cl)(Cl)CCC[Si](CCC[Si](Cl)(Cl)Cl)(CCC[Si](Cl)(Cl)Cl)CCC[Si]2(Cl)O[Si](O)(O[Si](O)(O)O1)O[Si](O)(O[Si]1(O)O[Si](Cl)(Cl)CCC[Si](CCC[Si](Cl)(Cl)Cl)(CCC[Si](Cl)(Cl)Cl)CCC[Si]3(Cl)O[Si](C)(O)O[Si](O)(O[Si](O)(O)O1)O3)O2. The van der Waals surface area contributed by atoms with Gasteiger partial charge in [-0.05, 0) is 36.3 Å². The van der Waals surface area contributed by atoms with Gasteiger partial charge in [0.1, 0.15) is 0 Å². The van der Waals surface area contributed by atoms with Crippen molar-refractivity contribution in [3.8, 4) is 0 Å². The van der Waals surface area contributed by atoms with Gasteiger partial charge < -0.3 is 101 Å². The third kappa shape index (κ3) is 33.3. The summed E-state index contributed by atoms with van der Waals surface area (Å²) in [4.78, 5) is 117. The van der Waals surface area contributed by atoms with Gasteiger partial charge in [-0.15, -0.1) is 199 Å². The molecule has 8 unspecified atom stereocenters. The van der Waals surface area contributed by atoms with E-state index in [2.05, 4.69) is 0 Å². The van der Waals surface area contributed by atoms with Crippen molar-refractivity contribution in [2.45, 2.75) is 161 Å². The van der Waals surface area contributed by atoms with E-state index in [1.165, 1.54) is 0 Å². The Labute approximate surface area is 596 Å². The minimum absolute atomic E-state index is 0.0134. The molecule has 10 N–H and O–H groups in total. The van der Waals surface area contributed by atoms with Gasteiger partial charge >= 0.3 is 126 Å². The summed E-state index contributed by atoms with van der Waals surface area (Å²) in [6.07, 6.45) is 2.49. The van der Waals surface area contributed by atoms with Crippen LogP contribution >= 0.6 is 199 Å². The van der Waals surface area contributed by atoms with Crippen molar-refractivity contribution >= 4 is 341 Å². The van der Waals surface area contributed by atoms with Crippen molar-refractivity contribution in [3.05, 3.63) is 0 Å². The smallest absolute Gasteiger partial charge is 0.392 e. The summed E-state index contributed by atoms with van der Waals surface area (Å²) in [5, 5.41) is 0. The van der Waals surface area contributed by atoms with Gasteiger partial charge in [-0.3, -0.25) is 0 Å². The maximum atomic E-state index is 12.6. The van der Waals surface area contributed by atoms with E-state index in [9.17, 15) is 48.0 Å². The summed E-state index contributed by atoms with van der Waals surface area (Å²) >= 11 is 117. The maximum Gasteiger partial charge on any atom is 0.662 e. The van der Waals surface area contributed by atoms with Crippen molar-refractivity contribution in [1.29, 1.82) is 0 Å². The third-order valence-corrected chi connectivity index (χ3v) is 77.6. The first kappa shape index (κ1) is 85.6. The molecule has 0 aromatic carbocycles. The van der Waals surface area contributed by atoms with Crippen LogP contribution in [0.3, 0.4) is 0 Å². The molecule has 59 heteroatoms. The molecule has 0 aliphatic carbocycles. The quantitative estimate of drug-likeness (QED) is 0.0450. The van der Waals surface area contributed by atoms with E-state index in [0.717, 1.165) is 13.1 Å². The van der Waals surface area contributed by atoms with Crippen LogP contribution in [0.5, 0.6) is 0 Å². The van der Waals surface area contributed by atoms with Crippen LogP contribution in [0.15, 0.2) is 0 Å². The molecular formula is C26H64Cl18O23Si18. The van der Waals surface area contributed by atoms with Crippen molar-refractivity contribution in [2.75, 3.05) is 0 Å². The van der Waals surface area contributed by atoms with E-state index in [4.69, 9.17) is 253 Å². The summed E-state index contributed by atoms with van der Waals surface area (Å²) in [5.74, 6) is 0. The Kier molecular flexibility index (Phi) is 32.9. The second-order valence-electron chi connectivity index (χ2n) is 21.2. The van der Waals surface area contributed by atoms with Gasteiger partial charge in [0.2, 0.25) is 0 Å². The van der Waals surface area contributed by atoms with Crippen molar-refractivity contribution < 1.29 is 101 Å². The van der Waals surface area contributed by atoms with E-state index in [1.54, 1.807) is 0 Å². The first-order chi connectivity index (χ1) is 37.8. The molecule has 0 aromatic rings. The number of hydrogen-bond acceptors (Lipinski definition) is 23. The molecule has 4 fully saturated rings. The Bertz CT molecular complexity index is 2140. The van der Waals surface area contributed by atoms with Gasteiger partial charge in [0.25, 0.3) is 0 Å². The van der Waals surface area contributed by atoms with Crippen LogP contribution in [-0.2, 0) is 53.5 Å². The molecule has 4 aliphatic rings. The fraction of sp³-hybridized carbons (Fsp3) is 1.00. The summed E-state index contributed by atoms with van der Waals surface area (Å²) in [6.45, 7) is -6.79. The number of hydrogen-bond donors (Lipinski definition) is 10. The Hall–Kier alpha value is 8.20. The zero-order valence-electron chi connectivity index (χ0n) is 44.6. The molecule has 0 spiro atoms. The average molecular weight is 1890 g/mol. The average Bonchev–Trinajstić information content (AvgIpc) is 2.31. The van der Waals surface area contributed by atoms with Crippen LogP contribution in [0.25, 0.3) is 0 Å². The largest absolute Gasteiger partial charge is 0.662 e. The van der Waals surface area contributed by atoms with Crippen molar-refractivity contribution in [2.24, 2.45) is 0 Å². The van der Waals surface area contributed by atoms with Gasteiger partial charge in [-0.1, -0.05) is 99.7 Å². The van der Waals surface area contributed by atoms with Crippen LogP contribution in [0.4, 0.5) is 0 Å². The highest BCUT2D eigenvalue weighted by molar-refractivity contribution is 7.66. The fourth-order valence-corrected chi connectivity index (χ4v) is 76.9. The van der Waals surface area contributed by atoms with E-state index in [1.807, 2.05) is 0 Å². The molecule has 504 valence electrons. The normalized spacial score (nSPS) is 36.8. The molecule has 8 atom stereocenters. The topological polar surface area (TPSA) is 322 Å². The predicted molar refractivity (Wildman–Crippen MR) is 371 cm³/mol. The lowest BCUT2D eigenvalue weighted by molar-refractivity contribution is -0.0354. The fourth-order valence-electron chi connectivity index (χ4n) is 10.2. The van der Waals surface area contributed by atoms with Crippen LogP contribution in [-0.4, -0.2) is 190 Å². The number of rotatable bonds is 18. The molecule has 0 radical (unpaired) electrons. The van der Waals surface area contributed by atoms with Crippen LogP contribution in [0.2, 0.25) is 110 Å². The van der Waals surface area contributed by atoms with E-state index in [0.29, 0.717) is 80.5 Å². The Morgan fingerprint density at radius 3 is 1.01 bits per heavy atom. The monoisotopic (exact) mass is 1880 g/mol. The maximum absolute atomic E-state index is 12.6. The lowest BCUT2D eigenvalue weighted by Gasteiger charge is -2.46. The second kappa shape index (κ2) is 32.7. The Balaban J connectivity index is 1.88. The molecule has 23 nitrogen and oxygen atoms in total. The summed E-state index contributed by atoms with van der Waals surface area (Å²) in [5.41, 5.74) is 0. The predicted octanol–water partition coefficient (Wildman–Crippen LogP) is 10.8. The molecule has 4 heterocycles. The highest BCUT2D eigenvalue weighted by atomic mass is 35.9. The number of halogens is 18. The van der Waals surface area contributed by atoms with Gasteiger partial charge in [-0.25, -0.2) is 0 Å². The molecule has 4 rings (SSSR count). The molecule has 4 aliphatic heterocycles. The summed E-state index contributed by atoms with van der Waals surface area (Å²) in [6, 6.07) is -8.76. The zero-order valence-corrected chi connectivity index (χ0v) is 76.2. The van der Waals surface area contributed by atoms with E-state index < -0.39 is 148 Å². The molecule has 0 saturated carbocycles. The van der Waals surface area contributed by atoms with E-state index >= 15 is 0 Å². The van der Waals surface area contributed by atoms with Crippen LogP contribution in [0.1, 0.15) is 51.4 Å². The van der Waals surface area contributed by atoms with Gasteiger partial charge in [0.05, 0.1) is 16.1 Å². The second-order valence-corrected chi connectivity index (χ2v) is 108. The Morgan fingerprint density at radius 1 is 0.329 bits per heavy atom. The lowest BCUT2D eigenvalue weighted by Crippen LogP contribution is -2.77. The number of fused-ring (bicyclic) bond motifs is 4. The summed E-state index contributed by atoms with van der Waals surface area (Å²) in [7, 11) is -61.7. The van der Waals surface area contributed by atoms with Crippen LogP contribution in [0, 0.1) is 0 Å². The molecule has 4 saturated heterocycles. The lowest BCUT2D eigenvalue weighted by atomic mass is 10.5. The molecule has 4 bridgehead atoms. The minimum atomic E-state index is -6.50. The van der Waals surface area contributed by atoms with Gasteiger partial charge in [0, 0.05) is 25.2 Å². The zero-order chi connectivity index (χ0) is 65.2. The third-order valence-electron chi connectivity index (χ3n) is 13.1. The van der Waals surface area contributed by atoms with Gasteiger partial charge in [-0.2, -0.15) is 0 Å². The molecular weight excluding hydrogens is 1820 g/mol. The van der Waals surface area contributed by atoms with Crippen molar-refractivity contribution in [3.63, 3.8) is 0 Å².